The number of rotatable bonds is 5. The van der Waals surface area contributed by atoms with Crippen molar-refractivity contribution in [3.05, 3.63) is 47.1 Å². The first-order valence-corrected chi connectivity index (χ1v) is 12.4. The van der Waals surface area contributed by atoms with Gasteiger partial charge < -0.3 is 15.7 Å². The summed E-state index contributed by atoms with van der Waals surface area (Å²) in [6.07, 6.45) is 2.62. The third kappa shape index (κ3) is 4.80. The van der Waals surface area contributed by atoms with Gasteiger partial charge in [0.1, 0.15) is 10.6 Å². The van der Waals surface area contributed by atoms with E-state index in [0.717, 1.165) is 25.0 Å². The molecule has 0 bridgehead atoms. The van der Waals surface area contributed by atoms with Crippen LogP contribution in [0, 0.1) is 0 Å². The van der Waals surface area contributed by atoms with Crippen LogP contribution in [-0.2, 0) is 11.8 Å². The number of nitrogens with zero attached hydrogens (tertiary/aromatic N) is 3. The third-order valence-electron chi connectivity index (χ3n) is 6.50. The quantitative estimate of drug-likeness (QED) is 0.456. The lowest BCUT2D eigenvalue weighted by Gasteiger charge is -2.30. The molecule has 3 heterocycles. The Kier molecular flexibility index (Phi) is 6.30. The van der Waals surface area contributed by atoms with Crippen LogP contribution in [0.3, 0.4) is 0 Å². The Morgan fingerprint density at radius 3 is 2.59 bits per heavy atom. The van der Waals surface area contributed by atoms with Crippen LogP contribution in [0.2, 0.25) is 0 Å². The van der Waals surface area contributed by atoms with Crippen molar-refractivity contribution in [2.24, 2.45) is 0 Å². The number of aromatic nitrogens is 3. The van der Waals surface area contributed by atoms with E-state index in [9.17, 15) is 18.3 Å². The van der Waals surface area contributed by atoms with Crippen LogP contribution in [0.1, 0.15) is 49.1 Å². The number of anilines is 1. The Morgan fingerprint density at radius 1 is 1.09 bits per heavy atom. The molecule has 3 aromatic rings. The first-order chi connectivity index (χ1) is 16.3. The highest BCUT2D eigenvalue weighted by Crippen LogP contribution is 2.43. The third-order valence-corrected chi connectivity index (χ3v) is 7.77. The topological polar surface area (TPSA) is 83.0 Å². The maximum atomic E-state index is 13.4. The number of hydrogen-bond acceptors (Lipinski definition) is 7. The van der Waals surface area contributed by atoms with Gasteiger partial charge in [-0.1, -0.05) is 25.0 Å². The van der Waals surface area contributed by atoms with E-state index < -0.39 is 17.3 Å². The van der Waals surface area contributed by atoms with Crippen molar-refractivity contribution >= 4 is 17.3 Å². The van der Waals surface area contributed by atoms with E-state index in [0.29, 0.717) is 64.8 Å². The molecule has 1 aromatic carbocycles. The number of hydrogen-bond donors (Lipinski definition) is 3. The summed E-state index contributed by atoms with van der Waals surface area (Å²) in [4.78, 5) is 14.3. The molecule has 2 aliphatic rings. The van der Waals surface area contributed by atoms with E-state index >= 15 is 0 Å². The first-order valence-electron chi connectivity index (χ1n) is 11.5. The highest BCUT2D eigenvalue weighted by atomic mass is 32.1. The van der Waals surface area contributed by atoms with Gasteiger partial charge in [-0.2, -0.15) is 13.2 Å². The summed E-state index contributed by atoms with van der Waals surface area (Å²) in [5.41, 5.74) is -0.554. The molecule has 1 aliphatic heterocycles. The second kappa shape index (κ2) is 9.24. The lowest BCUT2D eigenvalue weighted by atomic mass is 9.93. The molecule has 2 aromatic heterocycles. The monoisotopic (exact) mass is 489 g/mol. The molecular formula is C24H26F3N5OS. The summed E-state index contributed by atoms with van der Waals surface area (Å²) in [5, 5.41) is 18.4. The van der Waals surface area contributed by atoms with E-state index in [2.05, 4.69) is 20.6 Å². The number of alkyl halides is 3. The molecule has 2 fully saturated rings. The molecule has 3 N–H and O–H groups in total. The van der Waals surface area contributed by atoms with Crippen molar-refractivity contribution in [1.82, 2.24) is 20.3 Å². The Bertz CT molecular complexity index is 1150. The molecule has 0 unspecified atom stereocenters. The number of piperidine rings is 1. The fourth-order valence-corrected chi connectivity index (χ4v) is 5.80. The van der Waals surface area contributed by atoms with Crippen LogP contribution in [0.15, 0.2) is 36.5 Å². The standard InChI is InChI=1S/C24H26F3N5OS/c25-24(26,27)16-5-3-4-15(14-16)19-20(34-21(32-19)23(33)9-12-28-13-10-23)18-8-11-29-22(31-18)30-17-6-1-2-7-17/h3-5,8,11,14,17,28,33H,1-2,6-7,9-10,12-13H2,(H,29,30,31). The van der Waals surface area contributed by atoms with Gasteiger partial charge in [0, 0.05) is 17.8 Å². The van der Waals surface area contributed by atoms with Crippen LogP contribution in [0.4, 0.5) is 19.1 Å². The van der Waals surface area contributed by atoms with Gasteiger partial charge in [-0.15, -0.1) is 11.3 Å². The highest BCUT2D eigenvalue weighted by Gasteiger charge is 2.36. The zero-order valence-corrected chi connectivity index (χ0v) is 19.3. The van der Waals surface area contributed by atoms with Crippen LogP contribution in [0.5, 0.6) is 0 Å². The Labute approximate surface area is 199 Å². The van der Waals surface area contributed by atoms with Crippen molar-refractivity contribution < 1.29 is 18.3 Å². The van der Waals surface area contributed by atoms with Gasteiger partial charge in [-0.25, -0.2) is 15.0 Å². The predicted molar refractivity (Wildman–Crippen MR) is 125 cm³/mol. The predicted octanol–water partition coefficient (Wildman–Crippen LogP) is 5.21. The molecule has 1 saturated heterocycles. The summed E-state index contributed by atoms with van der Waals surface area (Å²) >= 11 is 1.29. The maximum Gasteiger partial charge on any atom is 0.416 e. The van der Waals surface area contributed by atoms with Gasteiger partial charge in [0.05, 0.1) is 21.8 Å². The van der Waals surface area contributed by atoms with Crippen molar-refractivity contribution in [3.8, 4) is 21.8 Å². The minimum absolute atomic E-state index is 0.325. The van der Waals surface area contributed by atoms with Crippen LogP contribution in [-0.4, -0.2) is 39.2 Å². The largest absolute Gasteiger partial charge is 0.416 e. The minimum Gasteiger partial charge on any atom is -0.383 e. The fourth-order valence-electron chi connectivity index (χ4n) is 4.59. The molecule has 0 radical (unpaired) electrons. The fraction of sp³-hybridized carbons (Fsp3) is 0.458. The first kappa shape index (κ1) is 23.2. The molecule has 1 aliphatic carbocycles. The van der Waals surface area contributed by atoms with Gasteiger partial charge in [0.15, 0.2) is 0 Å². The van der Waals surface area contributed by atoms with Crippen LogP contribution < -0.4 is 10.6 Å². The van der Waals surface area contributed by atoms with Crippen molar-refractivity contribution in [2.45, 2.75) is 56.3 Å². The molecule has 10 heteroatoms. The molecule has 34 heavy (non-hydrogen) atoms. The summed E-state index contributed by atoms with van der Waals surface area (Å²) in [6, 6.07) is 7.21. The van der Waals surface area contributed by atoms with Crippen LogP contribution >= 0.6 is 11.3 Å². The molecule has 1 saturated carbocycles. The summed E-state index contributed by atoms with van der Waals surface area (Å²) < 4.78 is 40.3. The molecule has 6 nitrogen and oxygen atoms in total. The number of thiazole rings is 1. The lowest BCUT2D eigenvalue weighted by molar-refractivity contribution is -0.137. The van der Waals surface area contributed by atoms with Gasteiger partial charge in [0.2, 0.25) is 5.95 Å². The van der Waals surface area contributed by atoms with E-state index in [1.54, 1.807) is 18.3 Å². The average Bonchev–Trinajstić information content (AvgIpc) is 3.50. The normalized spacial score (nSPS) is 18.8. The number of nitrogens with one attached hydrogen (secondary N) is 2. The molecule has 0 spiro atoms. The van der Waals surface area contributed by atoms with E-state index in [4.69, 9.17) is 4.98 Å². The Hall–Kier alpha value is -2.56. The SMILES string of the molecule is OC1(c2nc(-c3cccc(C(F)(F)F)c3)c(-c3ccnc(NC4CCCC4)n3)s2)CCNCC1. The summed E-state index contributed by atoms with van der Waals surface area (Å²) in [5.74, 6) is 0.495. The average molecular weight is 490 g/mol. The molecule has 0 amide bonds. The van der Waals surface area contributed by atoms with Gasteiger partial charge in [-0.3, -0.25) is 0 Å². The van der Waals surface area contributed by atoms with E-state index in [1.807, 2.05) is 0 Å². The Balaban J connectivity index is 1.58. The van der Waals surface area contributed by atoms with Crippen molar-refractivity contribution in [2.75, 3.05) is 18.4 Å². The Morgan fingerprint density at radius 2 is 1.85 bits per heavy atom. The van der Waals surface area contributed by atoms with Crippen LogP contribution in [0.25, 0.3) is 21.8 Å². The van der Waals surface area contributed by atoms with Gasteiger partial charge in [-0.05, 0) is 57.0 Å². The zero-order valence-electron chi connectivity index (χ0n) is 18.5. The second-order valence-corrected chi connectivity index (χ2v) is 9.95. The summed E-state index contributed by atoms with van der Waals surface area (Å²) in [6.45, 7) is 1.29. The van der Waals surface area contributed by atoms with Gasteiger partial charge in [0.25, 0.3) is 0 Å². The molecule has 0 atom stereocenters. The highest BCUT2D eigenvalue weighted by molar-refractivity contribution is 7.15. The number of aliphatic hydroxyl groups is 1. The lowest BCUT2D eigenvalue weighted by Crippen LogP contribution is -2.39. The molecule has 180 valence electrons. The zero-order chi connectivity index (χ0) is 23.8. The molecular weight excluding hydrogens is 463 g/mol. The van der Waals surface area contributed by atoms with E-state index in [1.165, 1.54) is 30.2 Å². The minimum atomic E-state index is -4.46. The van der Waals surface area contributed by atoms with E-state index in [-0.39, 0.29) is 0 Å². The van der Waals surface area contributed by atoms with Gasteiger partial charge >= 0.3 is 6.18 Å². The number of halogens is 3. The van der Waals surface area contributed by atoms with Crippen molar-refractivity contribution in [3.63, 3.8) is 0 Å². The summed E-state index contributed by atoms with van der Waals surface area (Å²) in [7, 11) is 0. The molecule has 5 rings (SSSR count). The number of benzene rings is 1. The maximum absolute atomic E-state index is 13.4. The smallest absolute Gasteiger partial charge is 0.383 e. The second-order valence-electron chi connectivity index (χ2n) is 8.95. The van der Waals surface area contributed by atoms with Crippen molar-refractivity contribution in [1.29, 1.82) is 0 Å².